The van der Waals surface area contributed by atoms with Crippen LogP contribution in [0.25, 0.3) is 0 Å². The molecular formula is C21H27N3O2S. The molecule has 1 aromatic carbocycles. The van der Waals surface area contributed by atoms with Gasteiger partial charge in [0.05, 0.1) is 9.88 Å². The van der Waals surface area contributed by atoms with Crippen molar-refractivity contribution >= 4 is 28.2 Å². The fourth-order valence-electron chi connectivity index (χ4n) is 2.93. The van der Waals surface area contributed by atoms with E-state index >= 15 is 0 Å². The molecule has 0 saturated heterocycles. The average molecular weight is 386 g/mol. The van der Waals surface area contributed by atoms with E-state index in [1.54, 1.807) is 12.1 Å². The summed E-state index contributed by atoms with van der Waals surface area (Å²) in [5, 5.41) is 6.63. The number of carbonyl (C=O) groups excluding carboxylic acids is 2. The van der Waals surface area contributed by atoms with Crippen molar-refractivity contribution in [1.82, 2.24) is 10.2 Å². The van der Waals surface area contributed by atoms with Gasteiger partial charge in [0.25, 0.3) is 5.91 Å². The van der Waals surface area contributed by atoms with Crippen LogP contribution >= 0.6 is 11.3 Å². The second-order valence-corrected chi connectivity index (χ2v) is 7.92. The molecule has 5 nitrogen and oxygen atoms in total. The van der Waals surface area contributed by atoms with E-state index in [1.165, 1.54) is 16.9 Å². The van der Waals surface area contributed by atoms with Crippen molar-refractivity contribution in [2.45, 2.75) is 39.8 Å². The van der Waals surface area contributed by atoms with Crippen LogP contribution in [0.15, 0.2) is 36.4 Å². The van der Waals surface area contributed by atoms with Crippen molar-refractivity contribution in [2.24, 2.45) is 5.92 Å². The maximum atomic E-state index is 12.5. The van der Waals surface area contributed by atoms with Crippen LogP contribution in [0.5, 0.6) is 0 Å². The van der Waals surface area contributed by atoms with Crippen molar-refractivity contribution in [3.8, 4) is 0 Å². The Kier molecular flexibility index (Phi) is 6.63. The van der Waals surface area contributed by atoms with Gasteiger partial charge in [-0.05, 0) is 49.2 Å². The molecule has 0 spiro atoms. The minimum atomic E-state index is -0.107. The molecule has 1 saturated carbocycles. The number of anilines is 1. The first-order valence-corrected chi connectivity index (χ1v) is 10.4. The fraction of sp³-hybridized carbons (Fsp3) is 0.429. The van der Waals surface area contributed by atoms with Gasteiger partial charge in [-0.1, -0.05) is 38.1 Å². The third kappa shape index (κ3) is 5.40. The van der Waals surface area contributed by atoms with Crippen LogP contribution in [0.2, 0.25) is 0 Å². The molecule has 0 aliphatic heterocycles. The van der Waals surface area contributed by atoms with Crippen molar-refractivity contribution in [3.05, 3.63) is 52.4 Å². The molecule has 1 aliphatic rings. The molecule has 1 heterocycles. The zero-order chi connectivity index (χ0) is 19.2. The van der Waals surface area contributed by atoms with Crippen molar-refractivity contribution in [1.29, 1.82) is 0 Å². The molecule has 0 bridgehead atoms. The van der Waals surface area contributed by atoms with Gasteiger partial charge in [-0.3, -0.25) is 14.5 Å². The van der Waals surface area contributed by atoms with Crippen molar-refractivity contribution in [2.75, 3.05) is 18.4 Å². The number of nitrogens with zero attached hydrogens (tertiary/aromatic N) is 1. The summed E-state index contributed by atoms with van der Waals surface area (Å²) in [6, 6.07) is 11.8. The van der Waals surface area contributed by atoms with Crippen LogP contribution in [0.1, 0.15) is 47.5 Å². The monoisotopic (exact) mass is 385 g/mol. The highest BCUT2D eigenvalue weighted by Crippen LogP contribution is 2.31. The lowest BCUT2D eigenvalue weighted by molar-refractivity contribution is -0.117. The molecule has 0 radical (unpaired) electrons. The minimum Gasteiger partial charge on any atom is -0.347 e. The van der Waals surface area contributed by atoms with Crippen molar-refractivity contribution in [3.63, 3.8) is 0 Å². The van der Waals surface area contributed by atoms with Crippen LogP contribution in [0.4, 0.5) is 5.00 Å². The second-order valence-electron chi connectivity index (χ2n) is 6.84. The van der Waals surface area contributed by atoms with Gasteiger partial charge in [0.15, 0.2) is 0 Å². The lowest BCUT2D eigenvalue weighted by Gasteiger charge is -2.20. The van der Waals surface area contributed by atoms with Gasteiger partial charge < -0.3 is 10.6 Å². The highest BCUT2D eigenvalue weighted by molar-refractivity contribution is 7.18. The average Bonchev–Trinajstić information content (AvgIpc) is 3.44. The minimum absolute atomic E-state index is 0.0640. The highest BCUT2D eigenvalue weighted by atomic mass is 32.1. The smallest absolute Gasteiger partial charge is 0.261 e. The van der Waals surface area contributed by atoms with E-state index in [9.17, 15) is 9.59 Å². The lowest BCUT2D eigenvalue weighted by Crippen LogP contribution is -2.25. The van der Waals surface area contributed by atoms with Crippen molar-refractivity contribution < 1.29 is 9.59 Å². The largest absolute Gasteiger partial charge is 0.347 e. The Morgan fingerprint density at radius 1 is 1.07 bits per heavy atom. The summed E-state index contributed by atoms with van der Waals surface area (Å²) < 4.78 is 0. The summed E-state index contributed by atoms with van der Waals surface area (Å²) in [7, 11) is 0. The lowest BCUT2D eigenvalue weighted by atomic mass is 10.1. The maximum absolute atomic E-state index is 12.5. The number of benzene rings is 1. The fourth-order valence-corrected chi connectivity index (χ4v) is 3.76. The topological polar surface area (TPSA) is 61.4 Å². The van der Waals surface area contributed by atoms with Crippen LogP contribution in [-0.2, 0) is 17.9 Å². The molecule has 1 fully saturated rings. The van der Waals surface area contributed by atoms with E-state index in [1.807, 2.05) is 12.1 Å². The Hall–Kier alpha value is -2.18. The number of hydrogen-bond donors (Lipinski definition) is 2. The Morgan fingerprint density at radius 2 is 1.78 bits per heavy atom. The van der Waals surface area contributed by atoms with E-state index in [0.717, 1.165) is 43.0 Å². The molecule has 0 unspecified atom stereocenters. The molecule has 144 valence electrons. The molecule has 3 rings (SSSR count). The summed E-state index contributed by atoms with van der Waals surface area (Å²) in [6.45, 7) is 7.70. The predicted octanol–water partition coefficient (Wildman–Crippen LogP) is 3.87. The second kappa shape index (κ2) is 9.15. The molecule has 1 aromatic heterocycles. The molecular weight excluding hydrogens is 358 g/mol. The van der Waals surface area contributed by atoms with Gasteiger partial charge in [0.1, 0.15) is 0 Å². The predicted molar refractivity (Wildman–Crippen MR) is 110 cm³/mol. The summed E-state index contributed by atoms with van der Waals surface area (Å²) in [5.74, 6) is 0.116. The normalized spacial score (nSPS) is 13.6. The van der Waals surface area contributed by atoms with Gasteiger partial charge >= 0.3 is 0 Å². The number of rotatable bonds is 9. The van der Waals surface area contributed by atoms with Gasteiger partial charge in [-0.15, -0.1) is 11.3 Å². The van der Waals surface area contributed by atoms with E-state index < -0.39 is 0 Å². The summed E-state index contributed by atoms with van der Waals surface area (Å²) >= 11 is 1.32. The summed E-state index contributed by atoms with van der Waals surface area (Å²) in [6.07, 6.45) is 1.94. The number of carbonyl (C=O) groups is 2. The molecule has 2 aromatic rings. The Bertz CT molecular complexity index is 794. The van der Waals surface area contributed by atoms with Crippen LogP contribution < -0.4 is 10.6 Å². The number of thiophene rings is 1. The summed E-state index contributed by atoms with van der Waals surface area (Å²) in [4.78, 5) is 27.3. The Morgan fingerprint density at radius 3 is 2.44 bits per heavy atom. The van der Waals surface area contributed by atoms with Gasteiger partial charge in [-0.25, -0.2) is 0 Å². The van der Waals surface area contributed by atoms with E-state index in [2.05, 4.69) is 41.5 Å². The number of amides is 2. The third-order valence-electron chi connectivity index (χ3n) is 4.87. The molecule has 2 N–H and O–H groups in total. The zero-order valence-corrected chi connectivity index (χ0v) is 16.8. The SMILES string of the molecule is CCN(CC)Cc1ccccc1CNC(=O)c1ccc(NC(=O)C2CC2)s1. The summed E-state index contributed by atoms with van der Waals surface area (Å²) in [5.41, 5.74) is 2.38. The molecule has 1 aliphatic carbocycles. The Balaban J connectivity index is 1.57. The molecule has 0 atom stereocenters. The van der Waals surface area contributed by atoms with E-state index in [4.69, 9.17) is 0 Å². The first-order valence-electron chi connectivity index (χ1n) is 9.58. The quantitative estimate of drug-likeness (QED) is 0.689. The Labute approximate surface area is 164 Å². The standard InChI is InChI=1S/C21H27N3O2S/c1-3-24(4-2)14-17-8-6-5-7-16(17)13-22-21(26)18-11-12-19(27-18)23-20(25)15-9-10-15/h5-8,11-12,15H,3-4,9-10,13-14H2,1-2H3,(H,22,26)(H,23,25). The van der Waals surface area contributed by atoms with Gasteiger partial charge in [-0.2, -0.15) is 0 Å². The van der Waals surface area contributed by atoms with Gasteiger partial charge in [0.2, 0.25) is 5.91 Å². The zero-order valence-electron chi connectivity index (χ0n) is 16.0. The molecule has 2 amide bonds. The maximum Gasteiger partial charge on any atom is 0.261 e. The van der Waals surface area contributed by atoms with Crippen LogP contribution in [0, 0.1) is 5.92 Å². The number of nitrogens with one attached hydrogen (secondary N) is 2. The number of hydrogen-bond acceptors (Lipinski definition) is 4. The highest BCUT2D eigenvalue weighted by Gasteiger charge is 2.29. The van der Waals surface area contributed by atoms with Crippen LogP contribution in [0.3, 0.4) is 0 Å². The third-order valence-corrected chi connectivity index (χ3v) is 5.87. The van der Waals surface area contributed by atoms with Gasteiger partial charge in [0, 0.05) is 19.0 Å². The molecule has 27 heavy (non-hydrogen) atoms. The first-order chi connectivity index (χ1) is 13.1. The van der Waals surface area contributed by atoms with Crippen LogP contribution in [-0.4, -0.2) is 29.8 Å². The van der Waals surface area contributed by atoms with E-state index in [0.29, 0.717) is 11.4 Å². The molecule has 6 heteroatoms. The van der Waals surface area contributed by atoms with E-state index in [-0.39, 0.29) is 17.7 Å². The first kappa shape index (κ1) is 19.6.